The Bertz CT molecular complexity index is 557. The van der Waals surface area contributed by atoms with Crippen molar-refractivity contribution in [2.45, 2.75) is 19.4 Å². The van der Waals surface area contributed by atoms with Crippen LogP contribution in [0.4, 0.5) is 0 Å². The highest BCUT2D eigenvalue weighted by Crippen LogP contribution is 2.30. The van der Waals surface area contributed by atoms with E-state index in [1.807, 2.05) is 36.4 Å². The van der Waals surface area contributed by atoms with Crippen LogP contribution >= 0.6 is 0 Å². The predicted molar refractivity (Wildman–Crippen MR) is 70.3 cm³/mol. The van der Waals surface area contributed by atoms with Gasteiger partial charge in [0, 0.05) is 0 Å². The number of aliphatic hydroxyl groups is 1. The molecule has 0 saturated carbocycles. The minimum atomic E-state index is -0.974. The number of carbonyl (C=O) groups is 1. The average Bonchev–Trinajstić information content (AvgIpc) is 2.38. The molecule has 2 aromatic rings. The fourth-order valence-electron chi connectivity index (χ4n) is 2.26. The minimum Gasteiger partial charge on any atom is -0.481 e. The molecule has 0 radical (unpaired) electrons. The van der Waals surface area contributed by atoms with E-state index >= 15 is 0 Å². The Morgan fingerprint density at radius 3 is 2.50 bits per heavy atom. The molecule has 0 aliphatic heterocycles. The highest BCUT2D eigenvalue weighted by molar-refractivity contribution is 5.86. The van der Waals surface area contributed by atoms with Gasteiger partial charge >= 0.3 is 5.97 Å². The van der Waals surface area contributed by atoms with Crippen LogP contribution in [-0.4, -0.2) is 16.2 Å². The lowest BCUT2D eigenvalue weighted by molar-refractivity contribution is -0.146. The molecule has 0 spiro atoms. The molecule has 3 heteroatoms. The van der Waals surface area contributed by atoms with Gasteiger partial charge in [-0.05, 0) is 22.8 Å². The van der Waals surface area contributed by atoms with E-state index in [0.29, 0.717) is 12.0 Å². The van der Waals surface area contributed by atoms with Gasteiger partial charge in [0.05, 0.1) is 12.0 Å². The lowest BCUT2D eigenvalue weighted by atomic mass is 9.90. The number of aliphatic hydroxyl groups excluding tert-OH is 1. The van der Waals surface area contributed by atoms with Crippen molar-refractivity contribution in [1.29, 1.82) is 0 Å². The summed E-state index contributed by atoms with van der Waals surface area (Å²) in [6, 6.07) is 13.3. The molecule has 0 bridgehead atoms. The molecule has 18 heavy (non-hydrogen) atoms. The first-order chi connectivity index (χ1) is 8.65. The van der Waals surface area contributed by atoms with E-state index in [2.05, 4.69) is 0 Å². The number of carboxylic acids is 1. The molecule has 2 N–H and O–H groups in total. The maximum absolute atomic E-state index is 11.1. The Kier molecular flexibility index (Phi) is 3.63. The fourth-order valence-corrected chi connectivity index (χ4v) is 2.26. The maximum atomic E-state index is 11.1. The standard InChI is InChI=1S/C15H16O3/c1-2-11(15(17)18)14(16)13-9-5-7-10-6-3-4-8-12(10)13/h3-9,11,14,16H,2H2,1H3,(H,17,18). The first-order valence-corrected chi connectivity index (χ1v) is 6.03. The van der Waals surface area contributed by atoms with E-state index in [0.717, 1.165) is 10.8 Å². The zero-order valence-electron chi connectivity index (χ0n) is 10.2. The molecular formula is C15H16O3. The summed E-state index contributed by atoms with van der Waals surface area (Å²) >= 11 is 0. The summed E-state index contributed by atoms with van der Waals surface area (Å²) in [5.74, 6) is -1.73. The van der Waals surface area contributed by atoms with Gasteiger partial charge in [0.15, 0.2) is 0 Å². The zero-order chi connectivity index (χ0) is 13.1. The van der Waals surface area contributed by atoms with Crippen LogP contribution in [0.2, 0.25) is 0 Å². The Balaban J connectivity index is 2.50. The van der Waals surface area contributed by atoms with Crippen molar-refractivity contribution in [3.63, 3.8) is 0 Å². The number of fused-ring (bicyclic) bond motifs is 1. The lowest BCUT2D eigenvalue weighted by Crippen LogP contribution is -2.21. The minimum absolute atomic E-state index is 0.403. The zero-order valence-corrected chi connectivity index (χ0v) is 10.2. The second-order valence-electron chi connectivity index (χ2n) is 4.37. The summed E-state index contributed by atoms with van der Waals surface area (Å²) in [6.45, 7) is 1.77. The van der Waals surface area contributed by atoms with Gasteiger partial charge in [-0.15, -0.1) is 0 Å². The third-order valence-electron chi connectivity index (χ3n) is 3.28. The first-order valence-electron chi connectivity index (χ1n) is 6.03. The van der Waals surface area contributed by atoms with Gasteiger partial charge < -0.3 is 10.2 Å². The van der Waals surface area contributed by atoms with E-state index in [-0.39, 0.29) is 0 Å². The van der Waals surface area contributed by atoms with Crippen molar-refractivity contribution in [3.8, 4) is 0 Å². The number of hydrogen-bond donors (Lipinski definition) is 2. The van der Waals surface area contributed by atoms with Gasteiger partial charge in [-0.1, -0.05) is 49.4 Å². The van der Waals surface area contributed by atoms with E-state index in [1.165, 1.54) is 0 Å². The van der Waals surface area contributed by atoms with Crippen molar-refractivity contribution < 1.29 is 15.0 Å². The number of benzene rings is 2. The molecule has 0 aliphatic rings. The molecule has 2 aromatic carbocycles. The van der Waals surface area contributed by atoms with Crippen LogP contribution < -0.4 is 0 Å². The van der Waals surface area contributed by atoms with E-state index in [4.69, 9.17) is 5.11 Å². The SMILES string of the molecule is CCC(C(=O)O)C(O)c1cccc2ccccc12. The largest absolute Gasteiger partial charge is 0.481 e. The molecule has 0 heterocycles. The van der Waals surface area contributed by atoms with E-state index in [1.54, 1.807) is 13.0 Å². The average molecular weight is 244 g/mol. The smallest absolute Gasteiger partial charge is 0.309 e. The van der Waals surface area contributed by atoms with Gasteiger partial charge in [0.2, 0.25) is 0 Å². The monoisotopic (exact) mass is 244 g/mol. The van der Waals surface area contributed by atoms with Crippen molar-refractivity contribution >= 4 is 16.7 Å². The van der Waals surface area contributed by atoms with E-state index < -0.39 is 18.0 Å². The van der Waals surface area contributed by atoms with Gasteiger partial charge in [-0.25, -0.2) is 0 Å². The molecule has 0 fully saturated rings. The highest BCUT2D eigenvalue weighted by atomic mass is 16.4. The molecule has 2 rings (SSSR count). The molecule has 0 amide bonds. The maximum Gasteiger partial charge on any atom is 0.309 e. The molecule has 94 valence electrons. The summed E-state index contributed by atoms with van der Waals surface area (Å²) in [7, 11) is 0. The number of hydrogen-bond acceptors (Lipinski definition) is 2. The van der Waals surface area contributed by atoms with Gasteiger partial charge in [0.25, 0.3) is 0 Å². The third kappa shape index (κ3) is 2.22. The lowest BCUT2D eigenvalue weighted by Gasteiger charge is -2.19. The number of aliphatic carboxylic acids is 1. The second kappa shape index (κ2) is 5.19. The van der Waals surface area contributed by atoms with Crippen LogP contribution in [0.15, 0.2) is 42.5 Å². The molecular weight excluding hydrogens is 228 g/mol. The van der Waals surface area contributed by atoms with E-state index in [9.17, 15) is 9.90 Å². The van der Waals surface area contributed by atoms with Crippen molar-refractivity contribution in [2.24, 2.45) is 5.92 Å². The summed E-state index contributed by atoms with van der Waals surface area (Å²) in [4.78, 5) is 11.1. The molecule has 2 atom stereocenters. The summed E-state index contributed by atoms with van der Waals surface area (Å²) in [5, 5.41) is 21.3. The van der Waals surface area contributed by atoms with Crippen LogP contribution in [-0.2, 0) is 4.79 Å². The summed E-state index contributed by atoms with van der Waals surface area (Å²) < 4.78 is 0. The van der Waals surface area contributed by atoms with Gasteiger partial charge in [-0.3, -0.25) is 4.79 Å². The molecule has 0 saturated heterocycles. The van der Waals surface area contributed by atoms with Gasteiger partial charge in [0.1, 0.15) is 0 Å². The molecule has 3 nitrogen and oxygen atoms in total. The molecule has 0 aliphatic carbocycles. The first kappa shape index (κ1) is 12.6. The van der Waals surface area contributed by atoms with Crippen LogP contribution in [0.1, 0.15) is 25.0 Å². The fraction of sp³-hybridized carbons (Fsp3) is 0.267. The molecule has 2 unspecified atom stereocenters. The van der Waals surface area contributed by atoms with Crippen LogP contribution in [0.3, 0.4) is 0 Å². The van der Waals surface area contributed by atoms with Gasteiger partial charge in [-0.2, -0.15) is 0 Å². The Hall–Kier alpha value is -1.87. The van der Waals surface area contributed by atoms with Crippen LogP contribution in [0.25, 0.3) is 10.8 Å². The van der Waals surface area contributed by atoms with Crippen molar-refractivity contribution in [1.82, 2.24) is 0 Å². The predicted octanol–water partition coefficient (Wildman–Crippen LogP) is 2.98. The van der Waals surface area contributed by atoms with Crippen LogP contribution in [0, 0.1) is 5.92 Å². The summed E-state index contributed by atoms with van der Waals surface area (Å²) in [6.07, 6.45) is -0.571. The Labute approximate surface area is 106 Å². The van der Waals surface area contributed by atoms with Crippen molar-refractivity contribution in [2.75, 3.05) is 0 Å². The Morgan fingerprint density at radius 1 is 1.17 bits per heavy atom. The van der Waals surface area contributed by atoms with Crippen molar-refractivity contribution in [3.05, 3.63) is 48.0 Å². The molecule has 0 aromatic heterocycles. The third-order valence-corrected chi connectivity index (χ3v) is 3.28. The summed E-state index contributed by atoms with van der Waals surface area (Å²) in [5.41, 5.74) is 0.683. The van der Waals surface area contributed by atoms with Crippen LogP contribution in [0.5, 0.6) is 0 Å². The highest BCUT2D eigenvalue weighted by Gasteiger charge is 2.26. The quantitative estimate of drug-likeness (QED) is 0.869. The number of rotatable bonds is 4. The Morgan fingerprint density at radius 2 is 1.83 bits per heavy atom. The number of carboxylic acid groups (broad SMARTS) is 1. The topological polar surface area (TPSA) is 57.5 Å². The normalized spacial score (nSPS) is 14.3. The second-order valence-corrected chi connectivity index (χ2v) is 4.37.